The molecule has 0 saturated heterocycles. The standard InChI is InChI=1S/C10H12N2O4/c1-13-8-5-3-4-6-9(8)16-12-7-15-10(11-12)14-2/h3-6H,7H2,1-2H3. The number of ether oxygens (including phenoxy) is 3. The fourth-order valence-corrected chi connectivity index (χ4v) is 1.21. The third kappa shape index (κ3) is 2.10. The predicted molar refractivity (Wildman–Crippen MR) is 55.9 cm³/mol. The summed E-state index contributed by atoms with van der Waals surface area (Å²) in [6.07, 6.45) is 0.176. The first kappa shape index (κ1) is 10.4. The summed E-state index contributed by atoms with van der Waals surface area (Å²) in [6.45, 7) is 0.182. The van der Waals surface area contributed by atoms with Crippen LogP contribution in [0.15, 0.2) is 29.4 Å². The summed E-state index contributed by atoms with van der Waals surface area (Å²) in [7, 11) is 3.05. The third-order valence-electron chi connectivity index (χ3n) is 1.94. The van der Waals surface area contributed by atoms with Gasteiger partial charge >= 0.3 is 6.08 Å². The van der Waals surface area contributed by atoms with E-state index in [1.165, 1.54) is 12.3 Å². The van der Waals surface area contributed by atoms with Crippen LogP contribution in [0.5, 0.6) is 11.5 Å². The van der Waals surface area contributed by atoms with Gasteiger partial charge in [-0.1, -0.05) is 22.4 Å². The number of para-hydroxylation sites is 2. The van der Waals surface area contributed by atoms with E-state index >= 15 is 0 Å². The first-order chi connectivity index (χ1) is 7.83. The highest BCUT2D eigenvalue weighted by Gasteiger charge is 2.18. The van der Waals surface area contributed by atoms with Crippen LogP contribution in [0.4, 0.5) is 0 Å². The molecule has 0 atom stereocenters. The van der Waals surface area contributed by atoms with Crippen LogP contribution in [-0.4, -0.2) is 32.2 Å². The number of hydrogen-bond donors (Lipinski definition) is 0. The second kappa shape index (κ2) is 4.61. The van der Waals surface area contributed by atoms with Crippen molar-refractivity contribution in [3.63, 3.8) is 0 Å². The highest BCUT2D eigenvalue weighted by molar-refractivity contribution is 5.67. The van der Waals surface area contributed by atoms with E-state index in [2.05, 4.69) is 5.10 Å². The normalized spacial score (nSPS) is 14.1. The van der Waals surface area contributed by atoms with Crippen LogP contribution in [0.1, 0.15) is 0 Å². The molecular weight excluding hydrogens is 212 g/mol. The summed E-state index contributed by atoms with van der Waals surface area (Å²) in [5.74, 6) is 1.19. The van der Waals surface area contributed by atoms with E-state index < -0.39 is 0 Å². The fraction of sp³-hybridized carbons (Fsp3) is 0.300. The van der Waals surface area contributed by atoms with Crippen LogP contribution in [-0.2, 0) is 9.47 Å². The molecule has 0 amide bonds. The fourth-order valence-electron chi connectivity index (χ4n) is 1.21. The molecule has 0 N–H and O–H groups in total. The van der Waals surface area contributed by atoms with Crippen LogP contribution in [0.25, 0.3) is 0 Å². The molecule has 0 radical (unpaired) electrons. The molecule has 0 unspecified atom stereocenters. The second-order valence-corrected chi connectivity index (χ2v) is 2.94. The largest absolute Gasteiger partial charge is 0.493 e. The Labute approximate surface area is 92.9 Å². The van der Waals surface area contributed by atoms with Crippen LogP contribution in [0.3, 0.4) is 0 Å². The van der Waals surface area contributed by atoms with Crippen molar-refractivity contribution in [2.45, 2.75) is 0 Å². The Morgan fingerprint density at radius 3 is 2.56 bits per heavy atom. The lowest BCUT2D eigenvalue weighted by Crippen LogP contribution is -2.19. The van der Waals surface area contributed by atoms with Crippen LogP contribution in [0, 0.1) is 0 Å². The SMILES string of the molecule is COC1=NN(Oc2ccccc2OC)CO1. The summed E-state index contributed by atoms with van der Waals surface area (Å²) in [4.78, 5) is 5.45. The van der Waals surface area contributed by atoms with Crippen molar-refractivity contribution < 1.29 is 19.0 Å². The maximum Gasteiger partial charge on any atom is 0.410 e. The zero-order chi connectivity index (χ0) is 11.4. The van der Waals surface area contributed by atoms with E-state index in [1.807, 2.05) is 12.1 Å². The molecule has 0 aromatic heterocycles. The van der Waals surface area contributed by atoms with Gasteiger partial charge in [0.15, 0.2) is 11.5 Å². The van der Waals surface area contributed by atoms with Crippen molar-refractivity contribution in [3.05, 3.63) is 24.3 Å². The van der Waals surface area contributed by atoms with Gasteiger partial charge in [-0.3, -0.25) is 0 Å². The summed E-state index contributed by atoms with van der Waals surface area (Å²) in [5, 5.41) is 5.18. The molecule has 6 nitrogen and oxygen atoms in total. The van der Waals surface area contributed by atoms with Gasteiger partial charge in [0.25, 0.3) is 0 Å². The van der Waals surface area contributed by atoms with Gasteiger partial charge in [0.1, 0.15) is 0 Å². The molecule has 0 saturated carbocycles. The van der Waals surface area contributed by atoms with E-state index in [-0.39, 0.29) is 12.8 Å². The average molecular weight is 224 g/mol. The molecule has 0 spiro atoms. The van der Waals surface area contributed by atoms with E-state index in [0.29, 0.717) is 11.5 Å². The predicted octanol–water partition coefficient (Wildman–Crippen LogP) is 1.20. The smallest absolute Gasteiger partial charge is 0.410 e. The highest BCUT2D eigenvalue weighted by atomic mass is 16.8. The molecule has 16 heavy (non-hydrogen) atoms. The zero-order valence-electron chi connectivity index (χ0n) is 9.04. The molecule has 0 bridgehead atoms. The number of hydrogen-bond acceptors (Lipinski definition) is 6. The number of hydroxylamine groups is 1. The molecule has 86 valence electrons. The Balaban J connectivity index is 2.07. The summed E-state index contributed by atoms with van der Waals surface area (Å²) < 4.78 is 15.0. The van der Waals surface area contributed by atoms with Gasteiger partial charge in [-0.2, -0.15) is 0 Å². The van der Waals surface area contributed by atoms with E-state index in [4.69, 9.17) is 19.0 Å². The van der Waals surface area contributed by atoms with E-state index in [0.717, 1.165) is 0 Å². The van der Waals surface area contributed by atoms with Crippen LogP contribution < -0.4 is 9.57 Å². The summed E-state index contributed by atoms with van der Waals surface area (Å²) >= 11 is 0. The lowest BCUT2D eigenvalue weighted by molar-refractivity contribution is -0.0871. The quantitative estimate of drug-likeness (QED) is 0.772. The lowest BCUT2D eigenvalue weighted by Gasteiger charge is -2.13. The molecule has 1 aliphatic rings. The molecule has 1 heterocycles. The molecule has 0 fully saturated rings. The van der Waals surface area contributed by atoms with Gasteiger partial charge in [-0.25, -0.2) is 0 Å². The average Bonchev–Trinajstić information content (AvgIpc) is 2.77. The maximum atomic E-state index is 5.45. The van der Waals surface area contributed by atoms with Crippen molar-refractivity contribution in [3.8, 4) is 11.5 Å². The molecule has 1 aromatic carbocycles. The first-order valence-corrected chi connectivity index (χ1v) is 4.67. The Hall–Kier alpha value is -2.11. The number of rotatable bonds is 3. The Morgan fingerprint density at radius 2 is 1.94 bits per heavy atom. The molecule has 2 rings (SSSR count). The topological polar surface area (TPSA) is 52.5 Å². The van der Waals surface area contributed by atoms with Gasteiger partial charge in [0, 0.05) is 0 Å². The Bertz CT molecular complexity index is 394. The van der Waals surface area contributed by atoms with Gasteiger partial charge in [0.2, 0.25) is 6.73 Å². The summed E-state index contributed by atoms with van der Waals surface area (Å²) in [6, 6.07) is 7.28. The molecule has 1 aliphatic heterocycles. The van der Waals surface area contributed by atoms with E-state index in [9.17, 15) is 0 Å². The number of methoxy groups -OCH3 is 2. The van der Waals surface area contributed by atoms with Gasteiger partial charge in [0.05, 0.1) is 14.2 Å². The van der Waals surface area contributed by atoms with Crippen molar-refractivity contribution in [1.82, 2.24) is 5.17 Å². The van der Waals surface area contributed by atoms with Crippen molar-refractivity contribution in [2.75, 3.05) is 21.0 Å². The highest BCUT2D eigenvalue weighted by Crippen LogP contribution is 2.27. The minimum absolute atomic E-state index is 0.176. The number of benzene rings is 1. The minimum atomic E-state index is 0.176. The molecular formula is C10H12N2O4. The second-order valence-electron chi connectivity index (χ2n) is 2.94. The van der Waals surface area contributed by atoms with Gasteiger partial charge in [-0.15, -0.1) is 0 Å². The van der Waals surface area contributed by atoms with E-state index in [1.54, 1.807) is 19.2 Å². The monoisotopic (exact) mass is 224 g/mol. The van der Waals surface area contributed by atoms with Crippen molar-refractivity contribution >= 4 is 6.08 Å². The maximum absolute atomic E-state index is 5.45. The Morgan fingerprint density at radius 1 is 1.19 bits per heavy atom. The number of nitrogens with zero attached hydrogens (tertiary/aromatic N) is 2. The molecule has 6 heteroatoms. The first-order valence-electron chi connectivity index (χ1n) is 4.67. The Kier molecular flexibility index (Phi) is 3.00. The van der Waals surface area contributed by atoms with Crippen molar-refractivity contribution in [1.29, 1.82) is 0 Å². The van der Waals surface area contributed by atoms with Crippen molar-refractivity contribution in [2.24, 2.45) is 5.10 Å². The zero-order valence-corrected chi connectivity index (χ0v) is 9.04. The number of hydrazone groups is 1. The van der Waals surface area contributed by atoms with Gasteiger partial charge in [-0.05, 0) is 12.1 Å². The lowest BCUT2D eigenvalue weighted by atomic mass is 10.3. The molecule has 1 aromatic rings. The minimum Gasteiger partial charge on any atom is -0.493 e. The van der Waals surface area contributed by atoms with Crippen LogP contribution >= 0.6 is 0 Å². The third-order valence-corrected chi connectivity index (χ3v) is 1.94. The molecule has 0 aliphatic carbocycles. The van der Waals surface area contributed by atoms with Gasteiger partial charge < -0.3 is 19.0 Å². The summed E-state index contributed by atoms with van der Waals surface area (Å²) in [5.41, 5.74) is 0. The van der Waals surface area contributed by atoms with Crippen LogP contribution in [0.2, 0.25) is 0 Å².